The predicted octanol–water partition coefficient (Wildman–Crippen LogP) is 0.362. The van der Waals surface area contributed by atoms with Gasteiger partial charge in [0.25, 0.3) is 0 Å². The normalized spacial score (nSPS) is 19.6. The minimum atomic E-state index is -3.55. The molecule has 0 spiro atoms. The average molecular weight is 367 g/mol. The van der Waals surface area contributed by atoms with Gasteiger partial charge in [-0.25, -0.2) is 13.2 Å². The minimum Gasteiger partial charge on any atom is -0.448 e. The van der Waals surface area contributed by atoms with E-state index in [-0.39, 0.29) is 23.9 Å². The molecule has 25 heavy (non-hydrogen) atoms. The summed E-state index contributed by atoms with van der Waals surface area (Å²) >= 11 is 0. The van der Waals surface area contributed by atoms with Crippen LogP contribution in [-0.2, 0) is 19.6 Å². The fourth-order valence-corrected chi connectivity index (χ4v) is 4.45. The number of amides is 2. The lowest BCUT2D eigenvalue weighted by Crippen LogP contribution is -2.42. The number of nitrogens with zero attached hydrogens (tertiary/aromatic N) is 3. The molecule has 0 unspecified atom stereocenters. The lowest BCUT2D eigenvalue weighted by atomic mass is 10.3. The number of carbonyl (C=O) groups excluding carboxylic acids is 2. The van der Waals surface area contributed by atoms with Crippen molar-refractivity contribution in [3.05, 3.63) is 30.3 Å². The van der Waals surface area contributed by atoms with Crippen LogP contribution in [0.2, 0.25) is 0 Å². The van der Waals surface area contributed by atoms with Crippen molar-refractivity contribution in [2.45, 2.75) is 11.3 Å². The largest absolute Gasteiger partial charge is 0.448 e. The van der Waals surface area contributed by atoms with Crippen LogP contribution < -0.4 is 0 Å². The van der Waals surface area contributed by atoms with Gasteiger partial charge in [0.15, 0.2) is 0 Å². The third kappa shape index (κ3) is 3.93. The zero-order valence-electron chi connectivity index (χ0n) is 13.8. The molecule has 1 aromatic carbocycles. The number of sulfonamides is 1. The van der Waals surface area contributed by atoms with Crippen molar-refractivity contribution in [2.24, 2.45) is 0 Å². The molecule has 0 atom stereocenters. The number of carbonyl (C=O) groups is 2. The average Bonchev–Trinajstić information content (AvgIpc) is 2.87. The fourth-order valence-electron chi connectivity index (χ4n) is 2.96. The Morgan fingerprint density at radius 1 is 1.04 bits per heavy atom. The highest BCUT2D eigenvalue weighted by Gasteiger charge is 2.30. The van der Waals surface area contributed by atoms with Crippen LogP contribution >= 0.6 is 0 Å². The summed E-state index contributed by atoms with van der Waals surface area (Å²) in [6.07, 6.45) is 0.0823. The summed E-state index contributed by atoms with van der Waals surface area (Å²) in [5.41, 5.74) is 0. The van der Waals surface area contributed by atoms with Crippen molar-refractivity contribution in [3.8, 4) is 0 Å². The zero-order valence-corrected chi connectivity index (χ0v) is 14.7. The molecule has 2 aliphatic rings. The lowest BCUT2D eigenvalue weighted by molar-refractivity contribution is -0.131. The summed E-state index contributed by atoms with van der Waals surface area (Å²) in [6, 6.07) is 8.29. The van der Waals surface area contributed by atoms with Gasteiger partial charge in [0.1, 0.15) is 13.2 Å². The number of cyclic esters (lactones) is 1. The molecule has 0 N–H and O–H groups in total. The summed E-state index contributed by atoms with van der Waals surface area (Å²) in [7, 11) is -3.55. The molecule has 8 nitrogen and oxygen atoms in total. The van der Waals surface area contributed by atoms with Crippen molar-refractivity contribution >= 4 is 22.0 Å². The quantitative estimate of drug-likeness (QED) is 0.767. The van der Waals surface area contributed by atoms with E-state index in [9.17, 15) is 18.0 Å². The molecule has 2 heterocycles. The second-order valence-electron chi connectivity index (χ2n) is 5.99. The summed E-state index contributed by atoms with van der Waals surface area (Å²) < 4.78 is 31.6. The second kappa shape index (κ2) is 7.40. The van der Waals surface area contributed by atoms with Crippen LogP contribution in [0.15, 0.2) is 35.2 Å². The minimum absolute atomic E-state index is 0.0235. The van der Waals surface area contributed by atoms with Gasteiger partial charge in [-0.05, 0) is 18.6 Å². The number of benzene rings is 1. The standard InChI is InChI=1S/C16H21N3O5S/c20-15(13-18-11-12-24-16(18)21)17-7-4-8-19(10-9-17)25(22,23)14-5-2-1-3-6-14/h1-3,5-6H,4,7-13H2. The highest BCUT2D eigenvalue weighted by atomic mass is 32.2. The zero-order chi connectivity index (χ0) is 17.9. The van der Waals surface area contributed by atoms with E-state index in [1.54, 1.807) is 35.2 Å². The third-order valence-corrected chi connectivity index (χ3v) is 6.27. The van der Waals surface area contributed by atoms with Gasteiger partial charge in [-0.1, -0.05) is 18.2 Å². The SMILES string of the molecule is O=C(CN1CCOC1=O)N1CCCN(S(=O)(=O)c2ccccc2)CC1. The van der Waals surface area contributed by atoms with E-state index >= 15 is 0 Å². The van der Waals surface area contributed by atoms with Crippen LogP contribution in [0.5, 0.6) is 0 Å². The molecule has 2 amide bonds. The Labute approximate surface area is 147 Å². The second-order valence-corrected chi connectivity index (χ2v) is 7.93. The molecule has 0 aliphatic carbocycles. The predicted molar refractivity (Wildman–Crippen MR) is 89.3 cm³/mol. The molecule has 0 bridgehead atoms. The van der Waals surface area contributed by atoms with E-state index in [1.807, 2.05) is 0 Å². The topological polar surface area (TPSA) is 87.2 Å². The first kappa shape index (κ1) is 17.7. The van der Waals surface area contributed by atoms with Gasteiger partial charge in [0.2, 0.25) is 15.9 Å². The van der Waals surface area contributed by atoms with E-state index in [4.69, 9.17) is 4.74 Å². The number of hydrogen-bond acceptors (Lipinski definition) is 5. The van der Waals surface area contributed by atoms with Gasteiger partial charge >= 0.3 is 6.09 Å². The van der Waals surface area contributed by atoms with E-state index in [0.717, 1.165) is 0 Å². The molecule has 2 fully saturated rings. The third-order valence-electron chi connectivity index (χ3n) is 4.36. The van der Waals surface area contributed by atoms with Crippen LogP contribution in [0.1, 0.15) is 6.42 Å². The van der Waals surface area contributed by atoms with Gasteiger partial charge in [0, 0.05) is 26.2 Å². The fraction of sp³-hybridized carbons (Fsp3) is 0.500. The van der Waals surface area contributed by atoms with E-state index < -0.39 is 16.1 Å². The number of rotatable bonds is 4. The molecule has 2 saturated heterocycles. The highest BCUT2D eigenvalue weighted by molar-refractivity contribution is 7.89. The maximum absolute atomic E-state index is 12.7. The molecular weight excluding hydrogens is 346 g/mol. The molecule has 2 aliphatic heterocycles. The van der Waals surface area contributed by atoms with Crippen molar-refractivity contribution < 1.29 is 22.7 Å². The Hall–Kier alpha value is -2.13. The van der Waals surface area contributed by atoms with Crippen LogP contribution in [0.4, 0.5) is 4.79 Å². The van der Waals surface area contributed by atoms with Crippen LogP contribution in [0.25, 0.3) is 0 Å². The van der Waals surface area contributed by atoms with Crippen LogP contribution in [0.3, 0.4) is 0 Å². The first-order valence-electron chi connectivity index (χ1n) is 8.23. The Kier molecular flexibility index (Phi) is 5.24. The lowest BCUT2D eigenvalue weighted by Gasteiger charge is -2.23. The molecule has 1 aromatic rings. The van der Waals surface area contributed by atoms with Gasteiger partial charge in [0.05, 0.1) is 11.4 Å². The number of ether oxygens (including phenoxy) is 1. The highest BCUT2D eigenvalue weighted by Crippen LogP contribution is 2.17. The summed E-state index contributed by atoms with van der Waals surface area (Å²) in [5, 5.41) is 0. The molecule has 136 valence electrons. The van der Waals surface area contributed by atoms with E-state index in [0.29, 0.717) is 39.2 Å². The summed E-state index contributed by atoms with van der Waals surface area (Å²) in [6.45, 7) is 2.09. The molecule has 0 aromatic heterocycles. The Bertz CT molecular complexity index is 737. The number of hydrogen-bond donors (Lipinski definition) is 0. The maximum Gasteiger partial charge on any atom is 0.410 e. The summed E-state index contributed by atoms with van der Waals surface area (Å²) in [4.78, 5) is 27.1. The monoisotopic (exact) mass is 367 g/mol. The van der Waals surface area contributed by atoms with Gasteiger partial charge in [-0.15, -0.1) is 0 Å². The molecular formula is C16H21N3O5S. The Morgan fingerprint density at radius 3 is 2.48 bits per heavy atom. The molecule has 0 radical (unpaired) electrons. The first-order valence-corrected chi connectivity index (χ1v) is 9.67. The van der Waals surface area contributed by atoms with Crippen molar-refractivity contribution in [2.75, 3.05) is 45.9 Å². The Morgan fingerprint density at radius 2 is 1.80 bits per heavy atom. The van der Waals surface area contributed by atoms with E-state index in [2.05, 4.69) is 0 Å². The van der Waals surface area contributed by atoms with E-state index in [1.165, 1.54) is 9.21 Å². The van der Waals surface area contributed by atoms with Crippen LogP contribution in [-0.4, -0.2) is 80.4 Å². The van der Waals surface area contributed by atoms with Crippen LogP contribution in [0, 0.1) is 0 Å². The smallest absolute Gasteiger partial charge is 0.410 e. The molecule has 3 rings (SSSR count). The Balaban J connectivity index is 1.62. The first-order chi connectivity index (χ1) is 12.0. The van der Waals surface area contributed by atoms with Gasteiger partial charge < -0.3 is 9.64 Å². The van der Waals surface area contributed by atoms with Crippen molar-refractivity contribution in [3.63, 3.8) is 0 Å². The van der Waals surface area contributed by atoms with Gasteiger partial charge in [-0.3, -0.25) is 9.69 Å². The summed E-state index contributed by atoms with van der Waals surface area (Å²) in [5.74, 6) is -0.183. The van der Waals surface area contributed by atoms with Crippen molar-refractivity contribution in [1.29, 1.82) is 0 Å². The molecule has 9 heteroatoms. The van der Waals surface area contributed by atoms with Crippen molar-refractivity contribution in [1.82, 2.24) is 14.1 Å². The maximum atomic E-state index is 12.7. The molecule has 0 saturated carbocycles. The van der Waals surface area contributed by atoms with Gasteiger partial charge in [-0.2, -0.15) is 4.31 Å².